The first kappa shape index (κ1) is 13.2. The molecule has 20 heavy (non-hydrogen) atoms. The third-order valence-corrected chi connectivity index (χ3v) is 3.98. The van der Waals surface area contributed by atoms with E-state index in [9.17, 15) is 0 Å². The quantitative estimate of drug-likeness (QED) is 0.915. The second-order valence-corrected chi connectivity index (χ2v) is 5.81. The predicted molar refractivity (Wildman–Crippen MR) is 79.5 cm³/mol. The second kappa shape index (κ2) is 5.65. The molecule has 1 aliphatic carbocycles. The first-order chi connectivity index (χ1) is 9.72. The van der Waals surface area contributed by atoms with E-state index in [0.29, 0.717) is 17.8 Å². The van der Waals surface area contributed by atoms with Gasteiger partial charge in [0.05, 0.1) is 5.56 Å². The summed E-state index contributed by atoms with van der Waals surface area (Å²) in [6.45, 7) is 4.17. The van der Waals surface area contributed by atoms with Crippen LogP contribution in [0.5, 0.6) is 0 Å². The van der Waals surface area contributed by atoms with Crippen LogP contribution in [0.4, 0.5) is 5.69 Å². The van der Waals surface area contributed by atoms with E-state index in [1.165, 1.54) is 25.7 Å². The molecule has 1 saturated carbocycles. The maximum Gasteiger partial charge on any atom is 0.260 e. The molecule has 1 aliphatic rings. The Kier molecular flexibility index (Phi) is 3.72. The average molecular weight is 271 g/mol. The smallest absolute Gasteiger partial charge is 0.260 e. The van der Waals surface area contributed by atoms with Crippen molar-refractivity contribution in [2.75, 3.05) is 5.32 Å². The number of hydrogen-bond donors (Lipinski definition) is 1. The van der Waals surface area contributed by atoms with Gasteiger partial charge < -0.3 is 9.84 Å². The van der Waals surface area contributed by atoms with Crippen molar-refractivity contribution in [2.24, 2.45) is 5.92 Å². The molecule has 1 aromatic carbocycles. The van der Waals surface area contributed by atoms with Crippen LogP contribution in [0.3, 0.4) is 0 Å². The lowest BCUT2D eigenvalue weighted by Crippen LogP contribution is -2.26. The fourth-order valence-corrected chi connectivity index (χ4v) is 2.99. The van der Waals surface area contributed by atoms with Gasteiger partial charge in [-0.05, 0) is 37.8 Å². The Balaban J connectivity index is 1.83. The number of hydrogen-bond acceptors (Lipinski definition) is 4. The Hall–Kier alpha value is -1.84. The molecule has 4 nitrogen and oxygen atoms in total. The van der Waals surface area contributed by atoms with Gasteiger partial charge >= 0.3 is 0 Å². The molecule has 2 atom stereocenters. The average Bonchev–Trinajstić information content (AvgIpc) is 2.86. The number of nitrogens with one attached hydrogen (secondary N) is 1. The third-order valence-electron chi connectivity index (χ3n) is 3.98. The molecule has 2 unspecified atom stereocenters. The Bertz CT molecular complexity index is 579. The molecule has 0 amide bonds. The van der Waals surface area contributed by atoms with Gasteiger partial charge in [-0.1, -0.05) is 37.1 Å². The van der Waals surface area contributed by atoms with Gasteiger partial charge in [-0.2, -0.15) is 4.98 Å². The van der Waals surface area contributed by atoms with Gasteiger partial charge in [0.25, 0.3) is 5.89 Å². The van der Waals surface area contributed by atoms with Crippen molar-refractivity contribution in [3.63, 3.8) is 0 Å². The van der Waals surface area contributed by atoms with Gasteiger partial charge in [-0.15, -0.1) is 0 Å². The van der Waals surface area contributed by atoms with Crippen molar-refractivity contribution in [1.82, 2.24) is 10.1 Å². The van der Waals surface area contributed by atoms with Crippen LogP contribution >= 0.6 is 0 Å². The highest BCUT2D eigenvalue weighted by Crippen LogP contribution is 2.31. The zero-order valence-electron chi connectivity index (χ0n) is 12.1. The number of benzene rings is 1. The number of anilines is 1. The maximum atomic E-state index is 5.30. The SMILES string of the molecule is Cc1noc(-c2ccccc2NC2CCCC(C)C2)n1. The summed E-state index contributed by atoms with van der Waals surface area (Å²) in [5.41, 5.74) is 2.08. The molecule has 2 aromatic rings. The van der Waals surface area contributed by atoms with Crippen LogP contribution in [0.15, 0.2) is 28.8 Å². The number of nitrogens with zero attached hydrogens (tertiary/aromatic N) is 2. The number of aromatic nitrogens is 2. The second-order valence-electron chi connectivity index (χ2n) is 5.81. The van der Waals surface area contributed by atoms with Crippen molar-refractivity contribution in [2.45, 2.75) is 45.6 Å². The minimum atomic E-state index is 0.545. The highest BCUT2D eigenvalue weighted by atomic mass is 16.5. The first-order valence-corrected chi connectivity index (χ1v) is 7.38. The van der Waals surface area contributed by atoms with Crippen molar-refractivity contribution in [3.8, 4) is 11.5 Å². The summed E-state index contributed by atoms with van der Waals surface area (Å²) in [7, 11) is 0. The van der Waals surface area contributed by atoms with Crippen LogP contribution in [-0.4, -0.2) is 16.2 Å². The lowest BCUT2D eigenvalue weighted by atomic mass is 9.87. The van der Waals surface area contributed by atoms with Gasteiger partial charge in [-0.3, -0.25) is 0 Å². The van der Waals surface area contributed by atoms with E-state index >= 15 is 0 Å². The minimum absolute atomic E-state index is 0.545. The number of aryl methyl sites for hydroxylation is 1. The van der Waals surface area contributed by atoms with E-state index in [0.717, 1.165) is 17.2 Å². The van der Waals surface area contributed by atoms with Crippen LogP contribution in [0.25, 0.3) is 11.5 Å². The third kappa shape index (κ3) is 2.84. The van der Waals surface area contributed by atoms with Crippen LogP contribution < -0.4 is 5.32 Å². The predicted octanol–water partition coefficient (Wildman–Crippen LogP) is 4.04. The van der Waals surface area contributed by atoms with Crippen molar-refractivity contribution in [3.05, 3.63) is 30.1 Å². The van der Waals surface area contributed by atoms with Crippen LogP contribution in [0, 0.1) is 12.8 Å². The van der Waals surface area contributed by atoms with E-state index in [-0.39, 0.29) is 0 Å². The lowest BCUT2D eigenvalue weighted by Gasteiger charge is -2.28. The Morgan fingerprint density at radius 3 is 2.85 bits per heavy atom. The van der Waals surface area contributed by atoms with Crippen molar-refractivity contribution < 1.29 is 4.52 Å². The topological polar surface area (TPSA) is 51.0 Å². The fraction of sp³-hybridized carbons (Fsp3) is 0.500. The standard InChI is InChI=1S/C16H21N3O/c1-11-6-5-7-13(10-11)18-15-9-4-3-8-14(15)16-17-12(2)19-20-16/h3-4,8-9,11,13,18H,5-7,10H2,1-2H3. The van der Waals surface area contributed by atoms with Crippen LogP contribution in [-0.2, 0) is 0 Å². The summed E-state index contributed by atoms with van der Waals surface area (Å²) in [6.07, 6.45) is 5.13. The monoisotopic (exact) mass is 271 g/mol. The van der Waals surface area contributed by atoms with Gasteiger partial charge in [0.1, 0.15) is 0 Å². The van der Waals surface area contributed by atoms with Gasteiger partial charge in [0.15, 0.2) is 5.82 Å². The molecule has 0 aliphatic heterocycles. The molecule has 0 radical (unpaired) electrons. The summed E-state index contributed by atoms with van der Waals surface area (Å²) in [4.78, 5) is 4.33. The van der Waals surface area contributed by atoms with Gasteiger partial charge in [0.2, 0.25) is 0 Å². The van der Waals surface area contributed by atoms with E-state index < -0.39 is 0 Å². The summed E-state index contributed by atoms with van der Waals surface area (Å²) in [5.74, 6) is 2.06. The van der Waals surface area contributed by atoms with Crippen molar-refractivity contribution in [1.29, 1.82) is 0 Å². The fourth-order valence-electron chi connectivity index (χ4n) is 2.99. The Labute approximate surface area is 119 Å². The van der Waals surface area contributed by atoms with Crippen molar-refractivity contribution >= 4 is 5.69 Å². The molecule has 1 fully saturated rings. The zero-order valence-corrected chi connectivity index (χ0v) is 12.1. The molecule has 0 bridgehead atoms. The van der Waals surface area contributed by atoms with Gasteiger partial charge in [0, 0.05) is 11.7 Å². The summed E-state index contributed by atoms with van der Waals surface area (Å²) in [5, 5.41) is 7.54. The molecule has 1 aromatic heterocycles. The molecule has 1 heterocycles. The minimum Gasteiger partial charge on any atom is -0.382 e. The lowest BCUT2D eigenvalue weighted by molar-refractivity contribution is 0.358. The van der Waals surface area contributed by atoms with Gasteiger partial charge in [-0.25, -0.2) is 0 Å². The molecular weight excluding hydrogens is 250 g/mol. The highest BCUT2D eigenvalue weighted by molar-refractivity contribution is 5.72. The van der Waals surface area contributed by atoms with E-state index in [1.807, 2.05) is 25.1 Å². The van der Waals surface area contributed by atoms with Crippen LogP contribution in [0.2, 0.25) is 0 Å². The summed E-state index contributed by atoms with van der Waals surface area (Å²) < 4.78 is 5.30. The number of para-hydroxylation sites is 1. The van der Waals surface area contributed by atoms with E-state index in [1.54, 1.807) is 0 Å². The molecule has 4 heteroatoms. The van der Waals surface area contributed by atoms with E-state index in [2.05, 4.69) is 28.4 Å². The Morgan fingerprint density at radius 2 is 2.10 bits per heavy atom. The first-order valence-electron chi connectivity index (χ1n) is 7.38. The molecular formula is C16H21N3O. The van der Waals surface area contributed by atoms with Crippen LogP contribution in [0.1, 0.15) is 38.4 Å². The maximum absolute atomic E-state index is 5.30. The molecule has 0 saturated heterocycles. The zero-order chi connectivity index (χ0) is 13.9. The van der Waals surface area contributed by atoms with E-state index in [4.69, 9.17) is 4.52 Å². The molecule has 106 valence electrons. The normalized spacial score (nSPS) is 22.7. The summed E-state index contributed by atoms with van der Waals surface area (Å²) >= 11 is 0. The number of rotatable bonds is 3. The molecule has 3 rings (SSSR count). The highest BCUT2D eigenvalue weighted by Gasteiger charge is 2.20. The summed E-state index contributed by atoms with van der Waals surface area (Å²) in [6, 6.07) is 8.71. The largest absolute Gasteiger partial charge is 0.382 e. The Morgan fingerprint density at radius 1 is 1.25 bits per heavy atom. The molecule has 1 N–H and O–H groups in total. The molecule has 0 spiro atoms.